The number of ether oxygens (including phenoxy) is 4. The molecule has 1 aliphatic rings. The van der Waals surface area contributed by atoms with Crippen molar-refractivity contribution in [2.24, 2.45) is 0 Å². The number of aromatic nitrogens is 1. The number of rotatable bonds is 13. The molecular formula is C34H42N4O8S2. The Morgan fingerprint density at radius 2 is 1.79 bits per heavy atom. The van der Waals surface area contributed by atoms with E-state index >= 15 is 0 Å². The van der Waals surface area contributed by atoms with Gasteiger partial charge in [0.25, 0.3) is 0 Å². The number of hydrogen-bond acceptors (Lipinski definition) is 12. The zero-order valence-corrected chi connectivity index (χ0v) is 30.0. The molecule has 14 heteroatoms. The molecule has 0 radical (unpaired) electrons. The Balaban J connectivity index is 1.80. The number of nitrogens with one attached hydrogen (secondary N) is 3. The highest BCUT2D eigenvalue weighted by molar-refractivity contribution is 7.98. The quantitative estimate of drug-likeness (QED) is 0.197. The highest BCUT2D eigenvalue weighted by Gasteiger charge is 2.30. The standard InChI is InChI=1S/C34H42N4O8S2/c1-17(2)31-28(33(42)46-7)37-34(48-31)38-32(41)24(13-14-47-8)36-23-12-10-20-21(16-25(23)40)22(35-18(3)39)11-9-19-15-26(43-4)29(44-5)30(45-6)27(19)20/h10,12,15-17,22,24H,9,11,13-14H2,1-8H3,(H,35,39)(H,36,40)(H,37,38,41). The molecule has 12 nitrogen and oxygen atoms in total. The first-order chi connectivity index (χ1) is 23.0. The van der Waals surface area contributed by atoms with Gasteiger partial charge in [-0.3, -0.25) is 14.4 Å². The number of fused-ring (bicyclic) bond motifs is 3. The molecule has 4 rings (SSSR count). The van der Waals surface area contributed by atoms with Crippen LogP contribution >= 0.6 is 23.1 Å². The van der Waals surface area contributed by atoms with E-state index in [1.807, 2.05) is 26.2 Å². The fourth-order valence-corrected chi connectivity index (χ4v) is 7.16. The third-order valence-electron chi connectivity index (χ3n) is 7.96. The largest absolute Gasteiger partial charge is 0.493 e. The second kappa shape index (κ2) is 16.2. The number of benzene rings is 1. The van der Waals surface area contributed by atoms with Gasteiger partial charge in [-0.15, -0.1) is 11.3 Å². The molecule has 0 fully saturated rings. The van der Waals surface area contributed by atoms with Crippen LogP contribution in [-0.4, -0.2) is 69.3 Å². The van der Waals surface area contributed by atoms with E-state index in [1.54, 1.807) is 31.0 Å². The zero-order chi connectivity index (χ0) is 35.1. The van der Waals surface area contributed by atoms with Crippen LogP contribution in [0.15, 0.2) is 29.1 Å². The Bertz CT molecular complexity index is 1740. The number of carbonyl (C=O) groups is 3. The van der Waals surface area contributed by atoms with Gasteiger partial charge in [0.15, 0.2) is 22.3 Å². The van der Waals surface area contributed by atoms with Gasteiger partial charge in [0.2, 0.25) is 23.0 Å². The number of thioether (sulfide) groups is 1. The maximum absolute atomic E-state index is 13.9. The Labute approximate surface area is 288 Å². The SMILES string of the molecule is COC(=O)c1nc(NC(=O)C(CCSC)Nc2ccc3c(cc2=O)C(NC(C)=O)CCc2cc(OC)c(OC)c(OC)c2-3)sc1C(C)C. The number of anilines is 2. The summed E-state index contributed by atoms with van der Waals surface area (Å²) >= 11 is 2.78. The first-order valence-corrected chi connectivity index (χ1v) is 17.6. The predicted molar refractivity (Wildman–Crippen MR) is 189 cm³/mol. The molecule has 1 aliphatic carbocycles. The molecule has 1 heterocycles. The van der Waals surface area contributed by atoms with Gasteiger partial charge in [0, 0.05) is 17.4 Å². The van der Waals surface area contributed by atoms with Crippen LogP contribution in [0.1, 0.15) is 72.1 Å². The number of nitrogens with zero attached hydrogens (tertiary/aromatic N) is 1. The van der Waals surface area contributed by atoms with Gasteiger partial charge in [0.1, 0.15) is 6.04 Å². The number of thiazole rings is 1. The summed E-state index contributed by atoms with van der Waals surface area (Å²) in [6.07, 6.45) is 3.42. The smallest absolute Gasteiger partial charge is 0.357 e. The normalized spacial score (nSPS) is 14.1. The fourth-order valence-electron chi connectivity index (χ4n) is 5.73. The second-order valence-electron chi connectivity index (χ2n) is 11.4. The minimum atomic E-state index is -0.808. The van der Waals surface area contributed by atoms with Gasteiger partial charge >= 0.3 is 5.97 Å². The number of aryl methyl sites for hydroxylation is 1. The molecule has 0 saturated heterocycles. The molecule has 2 amide bonds. The van der Waals surface area contributed by atoms with E-state index in [0.717, 1.165) is 11.1 Å². The van der Waals surface area contributed by atoms with Gasteiger partial charge in [0.05, 0.1) is 40.2 Å². The lowest BCUT2D eigenvalue weighted by Crippen LogP contribution is -2.36. The summed E-state index contributed by atoms with van der Waals surface area (Å²) in [5.41, 5.74) is 2.91. The lowest BCUT2D eigenvalue weighted by Gasteiger charge is -2.19. The summed E-state index contributed by atoms with van der Waals surface area (Å²) in [5.74, 6) is 0.753. The van der Waals surface area contributed by atoms with Gasteiger partial charge in [-0.05, 0) is 72.1 Å². The van der Waals surface area contributed by atoms with Crippen LogP contribution in [0, 0.1) is 0 Å². The van der Waals surface area contributed by atoms with Gasteiger partial charge in [-0.25, -0.2) is 9.78 Å². The van der Waals surface area contributed by atoms with Crippen LogP contribution in [0.3, 0.4) is 0 Å². The lowest BCUT2D eigenvalue weighted by molar-refractivity contribution is -0.120. The van der Waals surface area contributed by atoms with Crippen LogP contribution in [0.5, 0.6) is 17.2 Å². The number of methoxy groups -OCH3 is 4. The van der Waals surface area contributed by atoms with Crippen molar-refractivity contribution < 1.29 is 33.3 Å². The molecule has 0 bridgehead atoms. The molecule has 0 saturated carbocycles. The maximum Gasteiger partial charge on any atom is 0.357 e. The summed E-state index contributed by atoms with van der Waals surface area (Å²) in [7, 11) is 5.90. The lowest BCUT2D eigenvalue weighted by atomic mass is 9.95. The Hall–Kier alpha value is -4.30. The van der Waals surface area contributed by atoms with Gasteiger partial charge in [-0.1, -0.05) is 19.9 Å². The van der Waals surface area contributed by atoms with Crippen LogP contribution in [0.25, 0.3) is 11.1 Å². The summed E-state index contributed by atoms with van der Waals surface area (Å²) in [4.78, 5) is 57.3. The topological polar surface area (TPSA) is 154 Å². The molecule has 2 atom stereocenters. The molecule has 1 aromatic heterocycles. The molecule has 0 aliphatic heterocycles. The fraction of sp³-hybridized carbons (Fsp3) is 0.441. The Morgan fingerprint density at radius 1 is 1.06 bits per heavy atom. The third kappa shape index (κ3) is 7.87. The Morgan fingerprint density at radius 3 is 2.40 bits per heavy atom. The van der Waals surface area contributed by atoms with Crippen molar-refractivity contribution in [3.63, 3.8) is 0 Å². The molecular weight excluding hydrogens is 657 g/mol. The summed E-state index contributed by atoms with van der Waals surface area (Å²) in [5, 5.41) is 9.27. The maximum atomic E-state index is 13.9. The van der Waals surface area contributed by atoms with E-state index in [4.69, 9.17) is 18.9 Å². The number of carbonyl (C=O) groups excluding carboxylic acids is 3. The van der Waals surface area contributed by atoms with Gasteiger partial charge in [-0.2, -0.15) is 11.8 Å². The molecule has 3 N–H and O–H groups in total. The van der Waals surface area contributed by atoms with Crippen LogP contribution in [0.2, 0.25) is 0 Å². The highest BCUT2D eigenvalue weighted by atomic mass is 32.2. The van der Waals surface area contributed by atoms with Crippen LogP contribution < -0.4 is 35.6 Å². The van der Waals surface area contributed by atoms with E-state index in [9.17, 15) is 19.2 Å². The van der Waals surface area contributed by atoms with E-state index in [1.165, 1.54) is 45.7 Å². The molecule has 2 aromatic carbocycles. The highest BCUT2D eigenvalue weighted by Crippen LogP contribution is 2.50. The van der Waals surface area contributed by atoms with Crippen LogP contribution in [0.4, 0.5) is 10.8 Å². The predicted octanol–water partition coefficient (Wildman–Crippen LogP) is 5.40. The minimum Gasteiger partial charge on any atom is -0.493 e. The van der Waals surface area contributed by atoms with Gasteiger partial charge < -0.3 is 34.9 Å². The number of esters is 1. The van der Waals surface area contributed by atoms with E-state index in [2.05, 4.69) is 20.9 Å². The average molecular weight is 699 g/mol. The van der Waals surface area contributed by atoms with Crippen molar-refractivity contribution in [1.82, 2.24) is 10.3 Å². The monoisotopic (exact) mass is 698 g/mol. The third-order valence-corrected chi connectivity index (χ3v) is 9.87. The first-order valence-electron chi connectivity index (χ1n) is 15.4. The molecule has 3 aromatic rings. The first kappa shape index (κ1) is 36.5. The van der Waals surface area contributed by atoms with Crippen LogP contribution in [-0.2, 0) is 20.7 Å². The number of amides is 2. The van der Waals surface area contributed by atoms with Crippen molar-refractivity contribution in [2.45, 2.75) is 58.0 Å². The Kier molecular flexibility index (Phi) is 12.3. The summed E-state index contributed by atoms with van der Waals surface area (Å²) < 4.78 is 22.0. The van der Waals surface area contributed by atoms with Crippen molar-refractivity contribution in [3.05, 3.63) is 56.2 Å². The van der Waals surface area contributed by atoms with Crippen molar-refractivity contribution >= 4 is 51.7 Å². The van der Waals surface area contributed by atoms with E-state index in [0.29, 0.717) is 58.3 Å². The molecule has 258 valence electrons. The minimum absolute atomic E-state index is 0.0126. The van der Waals surface area contributed by atoms with Crippen molar-refractivity contribution in [3.8, 4) is 28.4 Å². The second-order valence-corrected chi connectivity index (χ2v) is 13.5. The average Bonchev–Trinajstić information content (AvgIpc) is 3.35. The number of hydrogen-bond donors (Lipinski definition) is 3. The van der Waals surface area contributed by atoms with E-state index < -0.39 is 24.0 Å². The molecule has 0 spiro atoms. The molecule has 48 heavy (non-hydrogen) atoms. The summed E-state index contributed by atoms with van der Waals surface area (Å²) in [6.45, 7) is 5.30. The van der Waals surface area contributed by atoms with E-state index in [-0.39, 0.29) is 33.8 Å². The zero-order valence-electron chi connectivity index (χ0n) is 28.4. The molecule has 2 unspecified atom stereocenters. The summed E-state index contributed by atoms with van der Waals surface area (Å²) in [6, 6.07) is 5.56. The van der Waals surface area contributed by atoms with Crippen molar-refractivity contribution in [2.75, 3.05) is 51.1 Å². The van der Waals surface area contributed by atoms with Crippen molar-refractivity contribution in [1.29, 1.82) is 0 Å².